The van der Waals surface area contributed by atoms with Crippen LogP contribution in [0.15, 0.2) is 24.4 Å². The topological polar surface area (TPSA) is 59.4 Å². The number of benzene rings is 1. The zero-order chi connectivity index (χ0) is 14.2. The molecule has 1 aromatic carbocycles. The van der Waals surface area contributed by atoms with Gasteiger partial charge in [-0.05, 0) is 6.07 Å². The van der Waals surface area contributed by atoms with Gasteiger partial charge in [-0.2, -0.15) is 13.2 Å². The van der Waals surface area contributed by atoms with Crippen LogP contribution in [0.2, 0.25) is 0 Å². The number of ether oxygens (including phenoxy) is 1. The predicted octanol–water partition coefficient (Wildman–Crippen LogP) is 2.75. The Morgan fingerprint density at radius 2 is 2.05 bits per heavy atom. The number of carbonyl (C=O) groups excluding carboxylic acids is 1. The Morgan fingerprint density at radius 3 is 2.63 bits per heavy atom. The van der Waals surface area contributed by atoms with E-state index in [1.54, 1.807) is 0 Å². The summed E-state index contributed by atoms with van der Waals surface area (Å²) in [7, 11) is 1.07. The quantitative estimate of drug-likeness (QED) is 0.810. The average molecular weight is 271 g/mol. The van der Waals surface area contributed by atoms with Crippen molar-refractivity contribution in [2.45, 2.75) is 6.18 Å². The molecule has 0 aliphatic heterocycles. The van der Waals surface area contributed by atoms with E-state index in [9.17, 15) is 23.1 Å². The number of rotatable bonds is 1. The Bertz CT molecular complexity index is 652. The highest BCUT2D eigenvalue weighted by Gasteiger charge is 2.34. The van der Waals surface area contributed by atoms with Crippen LogP contribution in [0, 0.1) is 0 Å². The molecule has 0 fully saturated rings. The van der Waals surface area contributed by atoms with Crippen LogP contribution in [0.3, 0.4) is 0 Å². The van der Waals surface area contributed by atoms with E-state index in [1.807, 2.05) is 0 Å². The molecule has 0 bridgehead atoms. The lowest BCUT2D eigenvalue weighted by atomic mass is 10.0. The molecule has 0 radical (unpaired) electrons. The number of pyridine rings is 1. The second-order valence-electron chi connectivity index (χ2n) is 3.71. The van der Waals surface area contributed by atoms with Crippen molar-refractivity contribution >= 4 is 16.9 Å². The highest BCUT2D eigenvalue weighted by molar-refractivity contribution is 6.06. The molecule has 4 nitrogen and oxygen atoms in total. The van der Waals surface area contributed by atoms with E-state index in [0.29, 0.717) is 0 Å². The van der Waals surface area contributed by atoms with Crippen LogP contribution in [0.4, 0.5) is 13.2 Å². The average Bonchev–Trinajstić information content (AvgIpc) is 2.35. The van der Waals surface area contributed by atoms with Gasteiger partial charge in [0.25, 0.3) is 0 Å². The van der Waals surface area contributed by atoms with Crippen LogP contribution in [0.25, 0.3) is 10.9 Å². The number of methoxy groups -OCH3 is 1. The molecule has 0 aliphatic rings. The standard InChI is InChI=1S/C12H8F3NO3/c1-19-11(18)9-6-3-2-4-7(12(13,14)15)10(6)16-5-8(9)17/h2-5,17H,1H3. The zero-order valence-corrected chi connectivity index (χ0v) is 9.65. The van der Waals surface area contributed by atoms with E-state index in [1.165, 1.54) is 6.07 Å². The fraction of sp³-hybridized carbons (Fsp3) is 0.167. The van der Waals surface area contributed by atoms with Gasteiger partial charge in [0.05, 0.1) is 24.4 Å². The summed E-state index contributed by atoms with van der Waals surface area (Å²) < 4.78 is 42.9. The zero-order valence-electron chi connectivity index (χ0n) is 9.65. The Morgan fingerprint density at radius 1 is 1.37 bits per heavy atom. The maximum atomic E-state index is 12.8. The third kappa shape index (κ3) is 2.18. The van der Waals surface area contributed by atoms with Gasteiger partial charge in [0.15, 0.2) is 0 Å². The summed E-state index contributed by atoms with van der Waals surface area (Å²) in [5.41, 5.74) is -1.72. The van der Waals surface area contributed by atoms with Crippen molar-refractivity contribution in [2.24, 2.45) is 0 Å². The molecule has 100 valence electrons. The summed E-state index contributed by atoms with van der Waals surface area (Å²) in [4.78, 5) is 15.1. The van der Waals surface area contributed by atoms with Gasteiger partial charge >= 0.3 is 12.1 Å². The molecule has 1 N–H and O–H groups in total. The van der Waals surface area contributed by atoms with Gasteiger partial charge < -0.3 is 9.84 Å². The smallest absolute Gasteiger partial charge is 0.418 e. The van der Waals surface area contributed by atoms with Crippen LogP contribution < -0.4 is 0 Å². The Kier molecular flexibility index (Phi) is 3.05. The van der Waals surface area contributed by atoms with Gasteiger partial charge in [-0.3, -0.25) is 4.98 Å². The SMILES string of the molecule is COC(=O)c1c(O)cnc2c(C(F)(F)F)cccc12. The molecule has 2 aromatic rings. The van der Waals surface area contributed by atoms with Crippen molar-refractivity contribution < 1.29 is 27.8 Å². The van der Waals surface area contributed by atoms with E-state index < -0.39 is 29.0 Å². The van der Waals surface area contributed by atoms with Gasteiger partial charge in [-0.25, -0.2) is 4.79 Å². The lowest BCUT2D eigenvalue weighted by Crippen LogP contribution is -2.09. The molecule has 0 unspecified atom stereocenters. The van der Waals surface area contributed by atoms with E-state index >= 15 is 0 Å². The number of para-hydroxylation sites is 1. The number of esters is 1. The summed E-state index contributed by atoms with van der Waals surface area (Å²) in [6, 6.07) is 3.26. The molecule has 0 aliphatic carbocycles. The van der Waals surface area contributed by atoms with Crippen LogP contribution in [-0.4, -0.2) is 23.2 Å². The fourth-order valence-electron chi connectivity index (χ4n) is 1.76. The minimum absolute atomic E-state index is 0.110. The number of halogens is 3. The second-order valence-corrected chi connectivity index (χ2v) is 3.71. The molecule has 2 rings (SSSR count). The minimum Gasteiger partial charge on any atom is -0.505 e. The van der Waals surface area contributed by atoms with Gasteiger partial charge in [-0.15, -0.1) is 0 Å². The lowest BCUT2D eigenvalue weighted by Gasteiger charge is -2.12. The van der Waals surface area contributed by atoms with Gasteiger partial charge in [0.1, 0.15) is 11.3 Å². The predicted molar refractivity (Wildman–Crippen MR) is 59.7 cm³/mol. The van der Waals surface area contributed by atoms with Crippen molar-refractivity contribution in [3.05, 3.63) is 35.5 Å². The largest absolute Gasteiger partial charge is 0.505 e. The van der Waals surface area contributed by atoms with Gasteiger partial charge in [-0.1, -0.05) is 12.1 Å². The number of hydrogen-bond donors (Lipinski definition) is 1. The summed E-state index contributed by atoms with van der Waals surface area (Å²) in [6.45, 7) is 0. The molecule has 0 saturated carbocycles. The molecule has 0 spiro atoms. The van der Waals surface area contributed by atoms with Crippen LogP contribution in [-0.2, 0) is 10.9 Å². The van der Waals surface area contributed by atoms with Gasteiger partial charge in [0.2, 0.25) is 0 Å². The van der Waals surface area contributed by atoms with Crippen LogP contribution in [0.1, 0.15) is 15.9 Å². The summed E-state index contributed by atoms with van der Waals surface area (Å²) in [6.07, 6.45) is -3.80. The molecular formula is C12H8F3NO3. The number of aromatic hydroxyl groups is 1. The maximum absolute atomic E-state index is 12.8. The first-order chi connectivity index (χ1) is 8.86. The van der Waals surface area contributed by atoms with Crippen molar-refractivity contribution in [3.63, 3.8) is 0 Å². The molecule has 1 aromatic heterocycles. The van der Waals surface area contributed by atoms with E-state index in [4.69, 9.17) is 0 Å². The third-order valence-electron chi connectivity index (χ3n) is 2.57. The van der Waals surface area contributed by atoms with E-state index in [0.717, 1.165) is 25.4 Å². The molecule has 19 heavy (non-hydrogen) atoms. The van der Waals surface area contributed by atoms with E-state index in [2.05, 4.69) is 9.72 Å². The number of hydrogen-bond acceptors (Lipinski definition) is 4. The number of fused-ring (bicyclic) bond motifs is 1. The van der Waals surface area contributed by atoms with Crippen molar-refractivity contribution in [1.82, 2.24) is 4.98 Å². The van der Waals surface area contributed by atoms with Crippen LogP contribution in [0.5, 0.6) is 5.75 Å². The monoisotopic (exact) mass is 271 g/mol. The molecule has 0 amide bonds. The van der Waals surface area contributed by atoms with Crippen molar-refractivity contribution in [3.8, 4) is 5.75 Å². The van der Waals surface area contributed by atoms with Gasteiger partial charge in [0, 0.05) is 5.39 Å². The fourth-order valence-corrected chi connectivity index (χ4v) is 1.76. The Labute approximate surface area is 105 Å². The molecule has 1 heterocycles. The highest BCUT2D eigenvalue weighted by atomic mass is 19.4. The van der Waals surface area contributed by atoms with Crippen LogP contribution >= 0.6 is 0 Å². The number of carbonyl (C=O) groups is 1. The number of aromatic nitrogens is 1. The lowest BCUT2D eigenvalue weighted by molar-refractivity contribution is -0.136. The Balaban J connectivity index is 2.85. The summed E-state index contributed by atoms with van der Waals surface area (Å²) >= 11 is 0. The van der Waals surface area contributed by atoms with Crippen molar-refractivity contribution in [2.75, 3.05) is 7.11 Å². The molecular weight excluding hydrogens is 263 g/mol. The Hall–Kier alpha value is -2.31. The summed E-state index contributed by atoms with van der Waals surface area (Å²) in [5.74, 6) is -1.46. The molecule has 0 saturated heterocycles. The highest BCUT2D eigenvalue weighted by Crippen LogP contribution is 2.36. The first-order valence-corrected chi connectivity index (χ1v) is 5.12. The first-order valence-electron chi connectivity index (χ1n) is 5.12. The second kappa shape index (κ2) is 4.42. The number of nitrogens with zero attached hydrogens (tertiary/aromatic N) is 1. The third-order valence-corrected chi connectivity index (χ3v) is 2.57. The summed E-state index contributed by atoms with van der Waals surface area (Å²) in [5, 5.41) is 9.45. The minimum atomic E-state index is -4.60. The maximum Gasteiger partial charge on any atom is 0.418 e. The first kappa shape index (κ1) is 13.1. The number of alkyl halides is 3. The van der Waals surface area contributed by atoms with E-state index in [-0.39, 0.29) is 10.9 Å². The normalized spacial score (nSPS) is 11.6. The molecule has 0 atom stereocenters. The molecule has 7 heteroatoms. The van der Waals surface area contributed by atoms with Crippen molar-refractivity contribution in [1.29, 1.82) is 0 Å².